The minimum absolute atomic E-state index is 0.0354. The van der Waals surface area contributed by atoms with Crippen LogP contribution in [0.1, 0.15) is 19.8 Å². The molecular formula is C11H15F5N2O2. The normalized spacial score (nSPS) is 17.9. The predicted octanol–water partition coefficient (Wildman–Crippen LogP) is 1.65. The molecule has 0 aromatic carbocycles. The summed E-state index contributed by atoms with van der Waals surface area (Å²) in [5.74, 6) is -7.87. The molecule has 1 fully saturated rings. The van der Waals surface area contributed by atoms with Crippen LogP contribution in [0, 0.1) is 0 Å². The van der Waals surface area contributed by atoms with E-state index in [-0.39, 0.29) is 44.9 Å². The fourth-order valence-corrected chi connectivity index (χ4v) is 1.91. The van der Waals surface area contributed by atoms with Crippen molar-refractivity contribution in [3.8, 4) is 0 Å². The third-order valence-electron chi connectivity index (χ3n) is 3.06. The quantitative estimate of drug-likeness (QED) is 0.728. The molecule has 9 heteroatoms. The molecule has 1 aliphatic rings. The number of carbonyl (C=O) groups is 2. The number of amides is 2. The predicted molar refractivity (Wildman–Crippen MR) is 59.1 cm³/mol. The van der Waals surface area contributed by atoms with Gasteiger partial charge in [-0.15, -0.1) is 0 Å². The lowest BCUT2D eigenvalue weighted by Crippen LogP contribution is -2.53. The second-order valence-corrected chi connectivity index (χ2v) is 4.45. The van der Waals surface area contributed by atoms with E-state index in [1.807, 2.05) is 0 Å². The summed E-state index contributed by atoms with van der Waals surface area (Å²) >= 11 is 0. The first kappa shape index (κ1) is 16.6. The Labute approximate surface area is 112 Å². The fraction of sp³-hybridized carbons (Fsp3) is 0.818. The summed E-state index contributed by atoms with van der Waals surface area (Å²) in [6, 6.07) is 0. The van der Waals surface area contributed by atoms with Crippen molar-refractivity contribution in [1.29, 1.82) is 0 Å². The molecule has 0 N–H and O–H groups in total. The van der Waals surface area contributed by atoms with Gasteiger partial charge in [0.05, 0.1) is 0 Å². The molecular weight excluding hydrogens is 287 g/mol. The second-order valence-electron chi connectivity index (χ2n) is 4.45. The number of alkyl halides is 5. The Morgan fingerprint density at radius 3 is 1.95 bits per heavy atom. The van der Waals surface area contributed by atoms with Gasteiger partial charge in [0.15, 0.2) is 0 Å². The molecule has 0 aliphatic carbocycles. The van der Waals surface area contributed by atoms with Gasteiger partial charge >= 0.3 is 18.0 Å². The average Bonchev–Trinajstić information content (AvgIpc) is 2.61. The second kappa shape index (κ2) is 5.92. The Morgan fingerprint density at radius 2 is 1.45 bits per heavy atom. The molecule has 116 valence electrons. The molecule has 4 nitrogen and oxygen atoms in total. The Balaban J connectivity index is 2.75. The number of rotatable bonds is 2. The van der Waals surface area contributed by atoms with E-state index in [2.05, 4.69) is 0 Å². The van der Waals surface area contributed by atoms with Crippen molar-refractivity contribution in [2.24, 2.45) is 0 Å². The number of halogens is 5. The molecule has 1 heterocycles. The SMILES string of the molecule is CCC(=O)N1CCCN(C(=O)C(F)(F)C(F)(F)F)CC1. The molecule has 20 heavy (non-hydrogen) atoms. The van der Waals surface area contributed by atoms with Crippen LogP contribution in [0.4, 0.5) is 22.0 Å². The van der Waals surface area contributed by atoms with E-state index in [0.717, 1.165) is 0 Å². The van der Waals surface area contributed by atoms with Crippen molar-refractivity contribution in [3.63, 3.8) is 0 Å². The Hall–Kier alpha value is -1.41. The summed E-state index contributed by atoms with van der Waals surface area (Å²) in [7, 11) is 0. The fourth-order valence-electron chi connectivity index (χ4n) is 1.91. The van der Waals surface area contributed by atoms with Crippen LogP contribution < -0.4 is 0 Å². The number of hydrogen-bond donors (Lipinski definition) is 0. The van der Waals surface area contributed by atoms with Gasteiger partial charge in [-0.05, 0) is 6.42 Å². The largest absolute Gasteiger partial charge is 0.463 e. The molecule has 0 spiro atoms. The summed E-state index contributed by atoms with van der Waals surface area (Å²) < 4.78 is 62.3. The third kappa shape index (κ3) is 3.37. The van der Waals surface area contributed by atoms with E-state index in [1.54, 1.807) is 6.92 Å². The van der Waals surface area contributed by atoms with Crippen LogP contribution in [0.2, 0.25) is 0 Å². The molecule has 2 amide bonds. The van der Waals surface area contributed by atoms with E-state index in [1.165, 1.54) is 4.90 Å². The molecule has 0 aromatic heterocycles. The maximum absolute atomic E-state index is 13.0. The van der Waals surface area contributed by atoms with Gasteiger partial charge < -0.3 is 9.80 Å². The van der Waals surface area contributed by atoms with Gasteiger partial charge in [0.25, 0.3) is 0 Å². The number of nitrogens with zero attached hydrogens (tertiary/aromatic N) is 2. The minimum atomic E-state index is -5.91. The van der Waals surface area contributed by atoms with Gasteiger partial charge in [-0.2, -0.15) is 22.0 Å². The summed E-state index contributed by atoms with van der Waals surface area (Å²) in [6.45, 7) is 1.28. The summed E-state index contributed by atoms with van der Waals surface area (Å²) in [4.78, 5) is 24.6. The van der Waals surface area contributed by atoms with E-state index in [4.69, 9.17) is 0 Å². The van der Waals surface area contributed by atoms with Crippen LogP contribution in [0.15, 0.2) is 0 Å². The van der Waals surface area contributed by atoms with Gasteiger partial charge in [-0.25, -0.2) is 0 Å². The first-order valence-electron chi connectivity index (χ1n) is 6.13. The van der Waals surface area contributed by atoms with E-state index >= 15 is 0 Å². The van der Waals surface area contributed by atoms with Gasteiger partial charge in [-0.3, -0.25) is 9.59 Å². The molecule has 0 aromatic rings. The van der Waals surface area contributed by atoms with Crippen LogP contribution in [0.3, 0.4) is 0 Å². The highest BCUT2D eigenvalue weighted by Gasteiger charge is 2.64. The third-order valence-corrected chi connectivity index (χ3v) is 3.06. The van der Waals surface area contributed by atoms with E-state index in [9.17, 15) is 31.5 Å². The molecule has 1 rings (SSSR count). The van der Waals surface area contributed by atoms with Crippen molar-refractivity contribution in [1.82, 2.24) is 9.80 Å². The van der Waals surface area contributed by atoms with E-state index < -0.39 is 18.0 Å². The molecule has 1 saturated heterocycles. The highest BCUT2D eigenvalue weighted by molar-refractivity contribution is 5.84. The van der Waals surface area contributed by atoms with Crippen molar-refractivity contribution in [2.45, 2.75) is 31.9 Å². The van der Waals surface area contributed by atoms with Crippen LogP contribution >= 0.6 is 0 Å². The van der Waals surface area contributed by atoms with Gasteiger partial charge in [-0.1, -0.05) is 6.92 Å². The zero-order chi connectivity index (χ0) is 15.6. The molecule has 0 radical (unpaired) electrons. The molecule has 0 unspecified atom stereocenters. The maximum atomic E-state index is 13.0. The van der Waals surface area contributed by atoms with Crippen molar-refractivity contribution < 1.29 is 31.5 Å². The first-order chi connectivity index (χ1) is 9.11. The van der Waals surface area contributed by atoms with Crippen LogP contribution in [-0.4, -0.2) is 59.9 Å². The summed E-state index contributed by atoms with van der Waals surface area (Å²) in [6.07, 6.45) is -5.52. The van der Waals surface area contributed by atoms with Gasteiger partial charge in [0.2, 0.25) is 5.91 Å². The zero-order valence-corrected chi connectivity index (χ0v) is 10.8. The zero-order valence-electron chi connectivity index (χ0n) is 10.8. The lowest BCUT2D eigenvalue weighted by Gasteiger charge is -2.27. The monoisotopic (exact) mass is 302 g/mol. The smallest absolute Gasteiger partial charge is 0.341 e. The maximum Gasteiger partial charge on any atom is 0.463 e. The molecule has 0 saturated carbocycles. The molecule has 0 atom stereocenters. The van der Waals surface area contributed by atoms with Crippen LogP contribution in [0.25, 0.3) is 0 Å². The topological polar surface area (TPSA) is 40.6 Å². The highest BCUT2D eigenvalue weighted by atomic mass is 19.4. The van der Waals surface area contributed by atoms with E-state index in [0.29, 0.717) is 4.90 Å². The Kier molecular flexibility index (Phi) is 4.93. The first-order valence-corrected chi connectivity index (χ1v) is 6.13. The standard InChI is InChI=1S/C11H15F5N2O2/c1-2-8(19)17-4-3-5-18(7-6-17)9(20)10(12,13)11(14,15)16/h2-7H2,1H3. The van der Waals surface area contributed by atoms with Crippen molar-refractivity contribution in [3.05, 3.63) is 0 Å². The summed E-state index contributed by atoms with van der Waals surface area (Å²) in [5.41, 5.74) is 0. The highest BCUT2D eigenvalue weighted by Crippen LogP contribution is 2.37. The lowest BCUT2D eigenvalue weighted by molar-refractivity contribution is -0.274. The minimum Gasteiger partial charge on any atom is -0.341 e. The molecule has 1 aliphatic heterocycles. The number of hydrogen-bond acceptors (Lipinski definition) is 2. The lowest BCUT2D eigenvalue weighted by atomic mass is 10.2. The number of carbonyl (C=O) groups excluding carboxylic acids is 2. The Bertz CT molecular complexity index is 383. The van der Waals surface area contributed by atoms with Gasteiger partial charge in [0.1, 0.15) is 0 Å². The van der Waals surface area contributed by atoms with Gasteiger partial charge in [0, 0.05) is 32.6 Å². The molecule has 0 bridgehead atoms. The average molecular weight is 302 g/mol. The summed E-state index contributed by atoms with van der Waals surface area (Å²) in [5, 5.41) is 0. The Morgan fingerprint density at radius 1 is 0.950 bits per heavy atom. The van der Waals surface area contributed by atoms with Crippen molar-refractivity contribution in [2.75, 3.05) is 26.2 Å². The van der Waals surface area contributed by atoms with Crippen molar-refractivity contribution >= 4 is 11.8 Å². The van der Waals surface area contributed by atoms with Crippen LogP contribution in [-0.2, 0) is 9.59 Å². The van der Waals surface area contributed by atoms with Crippen LogP contribution in [0.5, 0.6) is 0 Å².